The molecule has 0 bridgehead atoms. The van der Waals surface area contributed by atoms with Crippen molar-refractivity contribution < 1.29 is 34.2 Å². The lowest BCUT2D eigenvalue weighted by Gasteiger charge is -2.28. The summed E-state index contributed by atoms with van der Waals surface area (Å²) in [6.07, 6.45) is 2.68. The van der Waals surface area contributed by atoms with Gasteiger partial charge < -0.3 is 36.9 Å². The molecule has 5 unspecified atom stereocenters. The maximum atomic E-state index is 13.3. The molecule has 38 heavy (non-hydrogen) atoms. The van der Waals surface area contributed by atoms with Crippen molar-refractivity contribution in [1.82, 2.24) is 25.9 Å². The second-order valence-electron chi connectivity index (χ2n) is 9.01. The van der Waals surface area contributed by atoms with Crippen LogP contribution < -0.4 is 21.7 Å². The third-order valence-corrected chi connectivity index (χ3v) is 6.03. The summed E-state index contributed by atoms with van der Waals surface area (Å²) in [5, 5.41) is 26.2. The van der Waals surface area contributed by atoms with Gasteiger partial charge in [-0.1, -0.05) is 50.6 Å². The van der Waals surface area contributed by atoms with Crippen molar-refractivity contribution in [2.75, 3.05) is 0 Å². The molecule has 2 rings (SSSR count). The number of nitrogens with zero attached hydrogens (tertiary/aromatic N) is 1. The maximum absolute atomic E-state index is 13.3. The minimum absolute atomic E-state index is 0.0437. The maximum Gasteiger partial charge on any atom is 0.326 e. The van der Waals surface area contributed by atoms with Crippen LogP contribution in [0.1, 0.15) is 37.9 Å². The number of amides is 3. The van der Waals surface area contributed by atoms with E-state index in [0.29, 0.717) is 17.7 Å². The van der Waals surface area contributed by atoms with Crippen molar-refractivity contribution in [3.8, 4) is 0 Å². The Morgan fingerprint density at radius 1 is 0.947 bits per heavy atom. The van der Waals surface area contributed by atoms with E-state index in [4.69, 9.17) is 10.8 Å². The van der Waals surface area contributed by atoms with E-state index in [1.54, 1.807) is 37.3 Å². The number of nitrogens with one attached hydrogen (secondary N) is 4. The fourth-order valence-electron chi connectivity index (χ4n) is 3.65. The topological polar surface area (TPSA) is 217 Å². The van der Waals surface area contributed by atoms with Gasteiger partial charge in [-0.05, 0) is 11.5 Å². The molecule has 5 atom stereocenters. The second-order valence-corrected chi connectivity index (χ2v) is 9.01. The van der Waals surface area contributed by atoms with E-state index in [0.717, 1.165) is 0 Å². The van der Waals surface area contributed by atoms with Crippen LogP contribution in [0.15, 0.2) is 42.9 Å². The predicted molar refractivity (Wildman–Crippen MR) is 136 cm³/mol. The normalized spacial score (nSPS) is 14.8. The number of carbonyl (C=O) groups excluding carboxylic acids is 3. The molecule has 0 saturated carbocycles. The Morgan fingerprint density at radius 3 is 2.16 bits per heavy atom. The first-order valence-corrected chi connectivity index (χ1v) is 12.1. The molecular formula is C25H34N6O7. The number of hydrogen-bond acceptors (Lipinski definition) is 7. The van der Waals surface area contributed by atoms with Gasteiger partial charge in [-0.2, -0.15) is 0 Å². The smallest absolute Gasteiger partial charge is 0.326 e. The number of aromatic nitrogens is 2. The molecular weight excluding hydrogens is 496 g/mol. The summed E-state index contributed by atoms with van der Waals surface area (Å²) in [7, 11) is 0. The number of carbonyl (C=O) groups is 5. The van der Waals surface area contributed by atoms with Crippen LogP contribution >= 0.6 is 0 Å². The van der Waals surface area contributed by atoms with Gasteiger partial charge in [0, 0.05) is 24.7 Å². The number of imidazole rings is 1. The number of aliphatic carboxylic acids is 2. The molecule has 8 N–H and O–H groups in total. The van der Waals surface area contributed by atoms with Crippen molar-refractivity contribution >= 4 is 29.7 Å². The third-order valence-electron chi connectivity index (χ3n) is 6.03. The monoisotopic (exact) mass is 530 g/mol. The number of H-pyrrole nitrogens is 1. The molecule has 206 valence electrons. The van der Waals surface area contributed by atoms with Gasteiger partial charge in [0.25, 0.3) is 0 Å². The van der Waals surface area contributed by atoms with Crippen molar-refractivity contribution in [2.45, 2.75) is 63.7 Å². The second kappa shape index (κ2) is 14.5. The SMILES string of the molecule is CCC(C)C(NC(=O)C(Cc1cnc[nH]1)NC(=O)C(N)CC(=O)O)C(=O)NC(Cc1ccccc1)C(=O)O. The third kappa shape index (κ3) is 9.32. The zero-order valence-electron chi connectivity index (χ0n) is 21.2. The van der Waals surface area contributed by atoms with Crippen molar-refractivity contribution in [3.63, 3.8) is 0 Å². The van der Waals surface area contributed by atoms with Gasteiger partial charge in [-0.15, -0.1) is 0 Å². The summed E-state index contributed by atoms with van der Waals surface area (Å²) in [4.78, 5) is 68.4. The molecule has 0 saturated heterocycles. The molecule has 1 aromatic carbocycles. The first-order chi connectivity index (χ1) is 18.0. The van der Waals surface area contributed by atoms with E-state index in [9.17, 15) is 29.1 Å². The summed E-state index contributed by atoms with van der Waals surface area (Å²) in [6, 6.07) is 3.83. The van der Waals surface area contributed by atoms with Crippen LogP contribution in [0.3, 0.4) is 0 Å². The molecule has 2 aromatic rings. The van der Waals surface area contributed by atoms with E-state index in [1.807, 2.05) is 6.92 Å². The molecule has 0 aliphatic rings. The lowest BCUT2D eigenvalue weighted by atomic mass is 9.96. The van der Waals surface area contributed by atoms with Crippen LogP contribution in [0.4, 0.5) is 0 Å². The van der Waals surface area contributed by atoms with E-state index in [1.165, 1.54) is 12.5 Å². The number of benzene rings is 1. The number of carboxylic acid groups (broad SMARTS) is 2. The molecule has 3 amide bonds. The summed E-state index contributed by atoms with van der Waals surface area (Å²) >= 11 is 0. The van der Waals surface area contributed by atoms with Crippen molar-refractivity contribution in [1.29, 1.82) is 0 Å². The Bertz CT molecular complexity index is 1090. The summed E-state index contributed by atoms with van der Waals surface area (Å²) < 4.78 is 0. The highest BCUT2D eigenvalue weighted by atomic mass is 16.4. The van der Waals surface area contributed by atoms with E-state index in [2.05, 4.69) is 25.9 Å². The van der Waals surface area contributed by atoms with E-state index in [-0.39, 0.29) is 18.8 Å². The molecule has 0 aliphatic carbocycles. The Labute approximate surface area is 219 Å². The highest BCUT2D eigenvalue weighted by molar-refractivity contribution is 5.95. The van der Waals surface area contributed by atoms with Crippen LogP contribution in [0.25, 0.3) is 0 Å². The number of carboxylic acids is 2. The van der Waals surface area contributed by atoms with Gasteiger partial charge in [-0.25, -0.2) is 9.78 Å². The van der Waals surface area contributed by atoms with Gasteiger partial charge >= 0.3 is 11.9 Å². The number of rotatable bonds is 15. The van der Waals surface area contributed by atoms with Gasteiger partial charge in [0.15, 0.2) is 0 Å². The summed E-state index contributed by atoms with van der Waals surface area (Å²) in [6.45, 7) is 3.53. The Hall–Kier alpha value is -4.26. The lowest BCUT2D eigenvalue weighted by molar-refractivity contribution is -0.142. The van der Waals surface area contributed by atoms with Crippen LogP contribution in [0.2, 0.25) is 0 Å². The highest BCUT2D eigenvalue weighted by Gasteiger charge is 2.33. The van der Waals surface area contributed by atoms with Crippen LogP contribution in [-0.2, 0) is 36.8 Å². The van der Waals surface area contributed by atoms with Crippen LogP contribution in [-0.4, -0.2) is 74.0 Å². The Balaban J connectivity index is 2.20. The Kier molecular flexibility index (Phi) is 11.4. The number of nitrogens with two attached hydrogens (primary N) is 1. The van der Waals surface area contributed by atoms with E-state index < -0.39 is 60.2 Å². The summed E-state index contributed by atoms with van der Waals surface area (Å²) in [5.41, 5.74) is 6.85. The summed E-state index contributed by atoms with van der Waals surface area (Å²) in [5.74, 6) is -5.17. The zero-order chi connectivity index (χ0) is 28.2. The zero-order valence-corrected chi connectivity index (χ0v) is 21.2. The molecule has 13 heteroatoms. The van der Waals surface area contributed by atoms with Crippen molar-refractivity contribution in [3.05, 3.63) is 54.1 Å². The largest absolute Gasteiger partial charge is 0.481 e. The minimum atomic E-state index is -1.40. The fraction of sp³-hybridized carbons (Fsp3) is 0.440. The number of aromatic amines is 1. The van der Waals surface area contributed by atoms with Gasteiger partial charge in [0.1, 0.15) is 18.1 Å². The molecule has 0 spiro atoms. The fourth-order valence-corrected chi connectivity index (χ4v) is 3.65. The average molecular weight is 531 g/mol. The molecule has 0 fully saturated rings. The van der Waals surface area contributed by atoms with Gasteiger partial charge in [0.2, 0.25) is 17.7 Å². The van der Waals surface area contributed by atoms with Gasteiger partial charge in [-0.3, -0.25) is 19.2 Å². The van der Waals surface area contributed by atoms with Crippen LogP contribution in [0.5, 0.6) is 0 Å². The first kappa shape index (κ1) is 30.0. The molecule has 1 heterocycles. The molecule has 0 aliphatic heterocycles. The average Bonchev–Trinajstić information content (AvgIpc) is 3.39. The van der Waals surface area contributed by atoms with Crippen LogP contribution in [0, 0.1) is 5.92 Å². The van der Waals surface area contributed by atoms with Gasteiger partial charge in [0.05, 0.1) is 18.8 Å². The predicted octanol–water partition coefficient (Wildman–Crippen LogP) is -0.418. The quantitative estimate of drug-likeness (QED) is 0.159. The van der Waals surface area contributed by atoms with E-state index >= 15 is 0 Å². The minimum Gasteiger partial charge on any atom is -0.481 e. The highest BCUT2D eigenvalue weighted by Crippen LogP contribution is 2.11. The number of hydrogen-bond donors (Lipinski definition) is 7. The molecule has 0 radical (unpaired) electrons. The molecule has 1 aromatic heterocycles. The first-order valence-electron chi connectivity index (χ1n) is 12.1. The standard InChI is InChI=1S/C25H34N6O7/c1-3-14(2)21(24(36)30-19(25(37)38)9-15-7-5-4-6-8-15)31-23(35)18(10-16-12-27-13-28-16)29-22(34)17(26)11-20(32)33/h4-8,12-14,17-19,21H,3,9-11,26H2,1-2H3,(H,27,28)(H,29,34)(H,30,36)(H,31,35)(H,32,33)(H,37,38). The lowest BCUT2D eigenvalue weighted by Crippen LogP contribution is -2.59. The Morgan fingerprint density at radius 2 is 1.61 bits per heavy atom. The van der Waals surface area contributed by atoms with Crippen molar-refractivity contribution in [2.24, 2.45) is 11.7 Å². The molecule has 13 nitrogen and oxygen atoms in total.